The molecule has 1 aromatic carbocycles. The molecule has 0 aromatic heterocycles. The predicted molar refractivity (Wildman–Crippen MR) is 67.6 cm³/mol. The lowest BCUT2D eigenvalue weighted by molar-refractivity contribution is 0.586. The lowest BCUT2D eigenvalue weighted by Crippen LogP contribution is -2.22. The van der Waals surface area contributed by atoms with Gasteiger partial charge < -0.3 is 11.1 Å². The fraction of sp³-hybridized carbons (Fsp3) is 0.500. The van der Waals surface area contributed by atoms with Gasteiger partial charge in [-0.2, -0.15) is 0 Å². The molecule has 0 saturated carbocycles. The van der Waals surface area contributed by atoms with E-state index in [1.165, 1.54) is 0 Å². The van der Waals surface area contributed by atoms with E-state index in [4.69, 9.17) is 5.73 Å². The van der Waals surface area contributed by atoms with Gasteiger partial charge in [-0.3, -0.25) is 0 Å². The quantitative estimate of drug-likeness (QED) is 0.766. The molecule has 0 radical (unpaired) electrons. The molecule has 1 aromatic rings. The molecule has 0 bridgehead atoms. The molecular formula is C12H18N2O2S. The molecule has 1 aliphatic heterocycles. The Hall–Kier alpha value is -0.910. The van der Waals surface area contributed by atoms with Gasteiger partial charge in [-0.15, -0.1) is 0 Å². The molecule has 4 nitrogen and oxygen atoms in total. The summed E-state index contributed by atoms with van der Waals surface area (Å²) in [7, 11) is -3.02. The van der Waals surface area contributed by atoms with Crippen LogP contribution in [0.1, 0.15) is 17.5 Å². The van der Waals surface area contributed by atoms with Crippen LogP contribution in [0.3, 0.4) is 0 Å². The zero-order valence-electron chi connectivity index (χ0n) is 9.78. The van der Waals surface area contributed by atoms with E-state index in [2.05, 4.69) is 5.32 Å². The van der Waals surface area contributed by atoms with Crippen LogP contribution in [-0.2, 0) is 22.8 Å². The van der Waals surface area contributed by atoms with Crippen LogP contribution in [0.5, 0.6) is 0 Å². The Morgan fingerprint density at radius 1 is 1.35 bits per heavy atom. The minimum absolute atomic E-state index is 0.283. The first-order chi connectivity index (χ1) is 8.13. The van der Waals surface area contributed by atoms with E-state index in [0.29, 0.717) is 11.4 Å². The molecule has 17 heavy (non-hydrogen) atoms. The van der Waals surface area contributed by atoms with E-state index in [9.17, 15) is 8.42 Å². The van der Waals surface area contributed by atoms with Gasteiger partial charge >= 0.3 is 0 Å². The summed E-state index contributed by atoms with van der Waals surface area (Å²) in [6.07, 6.45) is 1.59. The average molecular weight is 254 g/mol. The second kappa shape index (κ2) is 5.16. The number of aryl methyl sites for hydroxylation is 1. The summed E-state index contributed by atoms with van der Waals surface area (Å²) in [4.78, 5) is 0.520. The fourth-order valence-corrected chi connectivity index (χ4v) is 3.72. The van der Waals surface area contributed by atoms with Gasteiger partial charge in [0, 0.05) is 19.6 Å². The van der Waals surface area contributed by atoms with Gasteiger partial charge in [0.1, 0.15) is 0 Å². The number of benzene rings is 1. The van der Waals surface area contributed by atoms with Gasteiger partial charge in [-0.05, 0) is 30.0 Å². The van der Waals surface area contributed by atoms with Gasteiger partial charge in [-0.25, -0.2) is 8.42 Å². The third-order valence-corrected chi connectivity index (χ3v) is 4.86. The summed E-state index contributed by atoms with van der Waals surface area (Å²) < 4.78 is 23.6. The van der Waals surface area contributed by atoms with Gasteiger partial charge in [0.25, 0.3) is 0 Å². The predicted octanol–water partition coefficient (Wildman–Crippen LogP) is 0.455. The molecule has 0 spiro atoms. The number of nitrogens with two attached hydrogens (primary N) is 1. The monoisotopic (exact) mass is 254 g/mol. The van der Waals surface area contributed by atoms with Crippen molar-refractivity contribution in [1.29, 1.82) is 0 Å². The highest BCUT2D eigenvalue weighted by atomic mass is 32.2. The topological polar surface area (TPSA) is 72.2 Å². The minimum atomic E-state index is -3.02. The van der Waals surface area contributed by atoms with Crippen LogP contribution >= 0.6 is 0 Å². The van der Waals surface area contributed by atoms with Crippen molar-refractivity contribution < 1.29 is 8.42 Å². The molecule has 0 fully saturated rings. The largest absolute Gasteiger partial charge is 0.329 e. The summed E-state index contributed by atoms with van der Waals surface area (Å²) in [6, 6.07) is 5.62. The van der Waals surface area contributed by atoms with Crippen LogP contribution in [0.2, 0.25) is 0 Å². The van der Waals surface area contributed by atoms with Crippen LogP contribution in [0.25, 0.3) is 0 Å². The molecule has 94 valence electrons. The van der Waals surface area contributed by atoms with Crippen LogP contribution < -0.4 is 11.1 Å². The van der Waals surface area contributed by atoms with Crippen LogP contribution in [-0.4, -0.2) is 27.3 Å². The van der Waals surface area contributed by atoms with E-state index < -0.39 is 9.84 Å². The first kappa shape index (κ1) is 12.5. The molecule has 1 aliphatic rings. The van der Waals surface area contributed by atoms with Crippen LogP contribution in [0, 0.1) is 0 Å². The second-order valence-electron chi connectivity index (χ2n) is 4.33. The molecule has 0 aliphatic carbocycles. The zero-order valence-corrected chi connectivity index (χ0v) is 10.6. The normalized spacial score (nSPS) is 17.7. The highest BCUT2D eigenvalue weighted by Gasteiger charge is 2.23. The Balaban J connectivity index is 2.20. The Bertz CT molecular complexity index is 497. The second-order valence-corrected chi connectivity index (χ2v) is 6.41. The molecular weight excluding hydrogens is 236 g/mol. The Labute approximate surface area is 102 Å². The molecule has 2 rings (SSSR count). The summed E-state index contributed by atoms with van der Waals surface area (Å²) >= 11 is 0. The molecule has 0 amide bonds. The highest BCUT2D eigenvalue weighted by Crippen LogP contribution is 2.25. The summed E-state index contributed by atoms with van der Waals surface area (Å²) in [5, 5.41) is 3.20. The summed E-state index contributed by atoms with van der Waals surface area (Å²) in [6.45, 7) is 2.12. The SMILES string of the molecule is NCCNCc1ccc2c(c1)CCCS2(=O)=O. The number of rotatable bonds is 4. The standard InChI is InChI=1S/C12H18N2O2S/c13-5-6-14-9-10-3-4-12-11(8-10)2-1-7-17(12,15)16/h3-4,8,14H,1-2,5-7,9,13H2. The molecule has 5 heteroatoms. The lowest BCUT2D eigenvalue weighted by Gasteiger charge is -2.17. The van der Waals surface area contributed by atoms with Crippen molar-refractivity contribution >= 4 is 9.84 Å². The summed E-state index contributed by atoms with van der Waals surface area (Å²) in [5.41, 5.74) is 7.48. The Kier molecular flexibility index (Phi) is 3.81. The van der Waals surface area contributed by atoms with E-state index in [0.717, 1.165) is 37.1 Å². The van der Waals surface area contributed by atoms with Crippen molar-refractivity contribution in [3.63, 3.8) is 0 Å². The van der Waals surface area contributed by atoms with E-state index in [1.807, 2.05) is 12.1 Å². The number of nitrogens with one attached hydrogen (secondary N) is 1. The third-order valence-electron chi connectivity index (χ3n) is 2.97. The first-order valence-electron chi connectivity index (χ1n) is 5.89. The number of hydrogen-bond acceptors (Lipinski definition) is 4. The van der Waals surface area contributed by atoms with Crippen molar-refractivity contribution in [1.82, 2.24) is 5.32 Å². The van der Waals surface area contributed by atoms with E-state index >= 15 is 0 Å². The van der Waals surface area contributed by atoms with E-state index in [1.54, 1.807) is 6.07 Å². The molecule has 0 unspecified atom stereocenters. The van der Waals surface area contributed by atoms with E-state index in [-0.39, 0.29) is 5.75 Å². The third kappa shape index (κ3) is 2.86. The molecule has 0 atom stereocenters. The number of sulfone groups is 1. The maximum Gasteiger partial charge on any atom is 0.178 e. The maximum atomic E-state index is 11.8. The molecule has 1 heterocycles. The van der Waals surface area contributed by atoms with Gasteiger partial charge in [0.15, 0.2) is 9.84 Å². The first-order valence-corrected chi connectivity index (χ1v) is 7.54. The van der Waals surface area contributed by atoms with Crippen LogP contribution in [0.15, 0.2) is 23.1 Å². The number of hydrogen-bond donors (Lipinski definition) is 2. The van der Waals surface area contributed by atoms with Gasteiger partial charge in [-0.1, -0.05) is 12.1 Å². The van der Waals surface area contributed by atoms with Crippen molar-refractivity contribution in [3.8, 4) is 0 Å². The molecule has 0 saturated heterocycles. The Morgan fingerprint density at radius 2 is 2.18 bits per heavy atom. The van der Waals surface area contributed by atoms with Gasteiger partial charge in [0.2, 0.25) is 0 Å². The lowest BCUT2D eigenvalue weighted by atomic mass is 10.1. The smallest absolute Gasteiger partial charge is 0.178 e. The maximum absolute atomic E-state index is 11.8. The van der Waals surface area contributed by atoms with Crippen molar-refractivity contribution in [2.24, 2.45) is 5.73 Å². The zero-order chi connectivity index (χ0) is 12.3. The van der Waals surface area contributed by atoms with Crippen molar-refractivity contribution in [2.45, 2.75) is 24.3 Å². The average Bonchev–Trinajstić information content (AvgIpc) is 2.29. The molecule has 3 N–H and O–H groups in total. The summed E-state index contributed by atoms with van der Waals surface area (Å²) in [5.74, 6) is 0.283. The van der Waals surface area contributed by atoms with Gasteiger partial charge in [0.05, 0.1) is 10.6 Å². The Morgan fingerprint density at radius 3 is 2.94 bits per heavy atom. The highest BCUT2D eigenvalue weighted by molar-refractivity contribution is 7.91. The number of fused-ring (bicyclic) bond motifs is 1. The fourth-order valence-electron chi connectivity index (χ4n) is 2.14. The van der Waals surface area contributed by atoms with Crippen molar-refractivity contribution in [2.75, 3.05) is 18.8 Å². The van der Waals surface area contributed by atoms with Crippen LogP contribution in [0.4, 0.5) is 0 Å². The minimum Gasteiger partial charge on any atom is -0.329 e. The van der Waals surface area contributed by atoms with Crippen molar-refractivity contribution in [3.05, 3.63) is 29.3 Å².